The van der Waals surface area contributed by atoms with Crippen molar-refractivity contribution in [3.63, 3.8) is 0 Å². The summed E-state index contributed by atoms with van der Waals surface area (Å²) in [5, 5.41) is 8.16. The van der Waals surface area contributed by atoms with Crippen LogP contribution in [0.2, 0.25) is 0 Å². The Morgan fingerprint density at radius 1 is 1.15 bits per heavy atom. The molecular weight excluding hydrogens is 447 g/mol. The van der Waals surface area contributed by atoms with Crippen LogP contribution in [0.25, 0.3) is 28.2 Å². The van der Waals surface area contributed by atoms with Crippen LogP contribution in [-0.4, -0.2) is 31.0 Å². The Kier molecular flexibility index (Phi) is 6.52. The van der Waals surface area contributed by atoms with E-state index in [1.54, 1.807) is 0 Å². The van der Waals surface area contributed by atoms with E-state index in [0.29, 0.717) is 29.7 Å². The van der Waals surface area contributed by atoms with Crippen LogP contribution in [0, 0.1) is 0 Å². The maximum atomic E-state index is 12.8. The summed E-state index contributed by atoms with van der Waals surface area (Å²) in [6.45, 7) is 0.0333. The summed E-state index contributed by atoms with van der Waals surface area (Å²) in [6, 6.07) is 15.4. The fourth-order valence-corrected chi connectivity index (χ4v) is 3.45. The fraction of sp³-hybridized carbons (Fsp3) is 0.217. The van der Waals surface area contributed by atoms with Crippen molar-refractivity contribution in [3.8, 4) is 28.2 Å². The van der Waals surface area contributed by atoms with Gasteiger partial charge in [0.1, 0.15) is 6.33 Å². The van der Waals surface area contributed by atoms with E-state index < -0.39 is 0 Å². The molecule has 5 rings (SSSR count). The molecule has 33 heavy (non-hydrogen) atoms. The van der Waals surface area contributed by atoms with Crippen molar-refractivity contribution in [3.05, 3.63) is 83.1 Å². The Bertz CT molecular complexity index is 1340. The van der Waals surface area contributed by atoms with Crippen LogP contribution in [0.5, 0.6) is 0 Å². The van der Waals surface area contributed by atoms with Gasteiger partial charge in [-0.15, -0.1) is 12.4 Å². The van der Waals surface area contributed by atoms with Gasteiger partial charge >= 0.3 is 5.69 Å². The normalized spacial score (nSPS) is 13.7. The lowest BCUT2D eigenvalue weighted by atomic mass is 10.0. The molecule has 2 N–H and O–H groups in total. The molecule has 170 valence electrons. The largest absolute Gasteiger partial charge is 0.350 e. The molecule has 2 aromatic heterocycles. The third kappa shape index (κ3) is 4.64. The Morgan fingerprint density at radius 3 is 2.61 bits per heavy atom. The summed E-state index contributed by atoms with van der Waals surface area (Å²) in [4.78, 5) is 17.2. The molecule has 1 aliphatic rings. The third-order valence-electron chi connectivity index (χ3n) is 5.47. The van der Waals surface area contributed by atoms with Crippen LogP contribution in [0.1, 0.15) is 24.7 Å². The second-order valence-electron chi connectivity index (χ2n) is 7.77. The predicted molar refractivity (Wildman–Crippen MR) is 124 cm³/mol. The molecule has 1 saturated carbocycles. The first kappa shape index (κ1) is 22.6. The van der Waals surface area contributed by atoms with Gasteiger partial charge in [-0.3, -0.25) is 0 Å². The van der Waals surface area contributed by atoms with Crippen LogP contribution in [0.3, 0.4) is 0 Å². The zero-order chi connectivity index (χ0) is 22.1. The fourth-order valence-electron chi connectivity index (χ4n) is 3.45. The first-order valence-corrected chi connectivity index (χ1v) is 10.3. The van der Waals surface area contributed by atoms with Crippen LogP contribution in [0.15, 0.2) is 76.1 Å². The number of halogens is 2. The standard InChI is InChI=1S/C23H21FN6O2.ClH/c24-11-15(12-25)13-30-23(31)29(14-26-30)20-3-1-2-19(10-20)16-4-6-17(7-5-16)21-27-22(32-28-21)18-8-9-18;/h1-7,10-11,14,18H,8-9,12-13,25H2;1H/b15-11+;. The molecule has 0 unspecified atom stereocenters. The minimum Gasteiger partial charge on any atom is -0.339 e. The number of hydrogen-bond acceptors (Lipinski definition) is 6. The summed E-state index contributed by atoms with van der Waals surface area (Å²) in [6.07, 6.45) is 4.06. The first-order chi connectivity index (χ1) is 15.7. The van der Waals surface area contributed by atoms with E-state index >= 15 is 0 Å². The second-order valence-corrected chi connectivity index (χ2v) is 7.77. The van der Waals surface area contributed by atoms with Crippen LogP contribution in [0.4, 0.5) is 4.39 Å². The summed E-state index contributed by atoms with van der Waals surface area (Å²) >= 11 is 0. The molecule has 0 bridgehead atoms. The molecule has 8 nitrogen and oxygen atoms in total. The first-order valence-electron chi connectivity index (χ1n) is 10.3. The minimum atomic E-state index is -0.367. The number of aromatic nitrogens is 5. The van der Waals surface area contributed by atoms with Gasteiger partial charge in [0.25, 0.3) is 0 Å². The Hall–Kier alpha value is -3.56. The molecule has 2 heterocycles. The van der Waals surface area contributed by atoms with Gasteiger partial charge in [0.15, 0.2) is 0 Å². The molecule has 4 aromatic rings. The summed E-state index contributed by atoms with van der Waals surface area (Å²) < 4.78 is 20.8. The van der Waals surface area contributed by atoms with Gasteiger partial charge in [-0.25, -0.2) is 18.4 Å². The second kappa shape index (κ2) is 9.51. The molecule has 2 aromatic carbocycles. The lowest BCUT2D eigenvalue weighted by molar-refractivity contribution is 0.380. The van der Waals surface area contributed by atoms with E-state index in [1.165, 1.54) is 15.6 Å². The van der Waals surface area contributed by atoms with Crippen molar-refractivity contribution in [2.24, 2.45) is 5.73 Å². The Balaban J connectivity index is 0.00000259. The van der Waals surface area contributed by atoms with Gasteiger partial charge in [0, 0.05) is 18.0 Å². The summed E-state index contributed by atoms with van der Waals surface area (Å²) in [5.74, 6) is 1.72. The SMILES string of the molecule is Cl.NC/C(=C\F)Cn1ncn(-c2cccc(-c3ccc(-c4noc(C5CC5)n4)cc3)c2)c1=O. The molecule has 1 fully saturated rings. The average Bonchev–Trinajstić information content (AvgIpc) is 3.46. The van der Waals surface area contributed by atoms with E-state index in [9.17, 15) is 9.18 Å². The highest BCUT2D eigenvalue weighted by atomic mass is 35.5. The van der Waals surface area contributed by atoms with Crippen molar-refractivity contribution in [1.82, 2.24) is 24.5 Å². The number of nitrogens with two attached hydrogens (primary N) is 1. The number of hydrogen-bond donors (Lipinski definition) is 1. The van der Waals surface area contributed by atoms with Crippen molar-refractivity contribution in [2.75, 3.05) is 6.54 Å². The van der Waals surface area contributed by atoms with E-state index in [1.807, 2.05) is 48.5 Å². The Labute approximate surface area is 195 Å². The topological polar surface area (TPSA) is 105 Å². The zero-order valence-corrected chi connectivity index (χ0v) is 18.4. The van der Waals surface area contributed by atoms with Crippen molar-refractivity contribution in [2.45, 2.75) is 25.3 Å². The summed E-state index contributed by atoms with van der Waals surface area (Å²) in [7, 11) is 0. The molecule has 0 atom stereocenters. The molecule has 0 amide bonds. The number of nitrogens with zero attached hydrogens (tertiary/aromatic N) is 5. The van der Waals surface area contributed by atoms with Gasteiger partial charge in [-0.1, -0.05) is 41.6 Å². The van der Waals surface area contributed by atoms with Crippen molar-refractivity contribution in [1.29, 1.82) is 0 Å². The van der Waals surface area contributed by atoms with Gasteiger partial charge in [0.2, 0.25) is 11.7 Å². The maximum Gasteiger partial charge on any atom is 0.350 e. The molecular formula is C23H22ClFN6O2. The minimum absolute atomic E-state index is 0. The molecule has 10 heteroatoms. The molecule has 0 radical (unpaired) electrons. The summed E-state index contributed by atoms with van der Waals surface area (Å²) in [5.41, 5.74) is 8.86. The van der Waals surface area contributed by atoms with Gasteiger partial charge in [-0.2, -0.15) is 10.1 Å². The molecule has 1 aliphatic carbocycles. The van der Waals surface area contributed by atoms with E-state index in [2.05, 4.69) is 15.2 Å². The van der Waals surface area contributed by atoms with E-state index in [0.717, 1.165) is 29.5 Å². The number of benzene rings is 2. The highest BCUT2D eigenvalue weighted by Gasteiger charge is 2.29. The lowest BCUT2D eigenvalue weighted by Crippen LogP contribution is -2.25. The predicted octanol–water partition coefficient (Wildman–Crippen LogP) is 3.86. The van der Waals surface area contributed by atoms with Crippen molar-refractivity contribution < 1.29 is 8.91 Å². The maximum absolute atomic E-state index is 12.8. The number of rotatable bonds is 7. The Morgan fingerprint density at radius 2 is 1.91 bits per heavy atom. The van der Waals surface area contributed by atoms with E-state index in [-0.39, 0.29) is 36.8 Å². The zero-order valence-electron chi connectivity index (χ0n) is 17.6. The van der Waals surface area contributed by atoms with Gasteiger partial charge in [0.05, 0.1) is 18.6 Å². The monoisotopic (exact) mass is 468 g/mol. The molecule has 0 aliphatic heterocycles. The highest BCUT2D eigenvalue weighted by Crippen LogP contribution is 2.39. The van der Waals surface area contributed by atoms with Gasteiger partial charge in [-0.05, 0) is 41.7 Å². The van der Waals surface area contributed by atoms with Crippen LogP contribution in [-0.2, 0) is 6.54 Å². The van der Waals surface area contributed by atoms with E-state index in [4.69, 9.17) is 10.3 Å². The smallest absolute Gasteiger partial charge is 0.339 e. The van der Waals surface area contributed by atoms with Crippen molar-refractivity contribution >= 4 is 12.4 Å². The third-order valence-corrected chi connectivity index (χ3v) is 5.47. The van der Waals surface area contributed by atoms with Crippen LogP contribution >= 0.6 is 12.4 Å². The quantitative estimate of drug-likeness (QED) is 0.441. The average molecular weight is 469 g/mol. The van der Waals surface area contributed by atoms with Gasteiger partial charge < -0.3 is 10.3 Å². The van der Waals surface area contributed by atoms with Crippen LogP contribution < -0.4 is 11.4 Å². The molecule has 0 saturated heterocycles. The lowest BCUT2D eigenvalue weighted by Gasteiger charge is -2.06. The highest BCUT2D eigenvalue weighted by molar-refractivity contribution is 5.85. The molecule has 0 spiro atoms.